The van der Waals surface area contributed by atoms with Crippen LogP contribution in [0.4, 0.5) is 4.39 Å². The highest BCUT2D eigenvalue weighted by Gasteiger charge is 2.28. The van der Waals surface area contributed by atoms with E-state index in [1.807, 2.05) is 6.07 Å². The number of halogens is 2. The van der Waals surface area contributed by atoms with Gasteiger partial charge in [0.15, 0.2) is 0 Å². The lowest BCUT2D eigenvalue weighted by atomic mass is 9.89. The van der Waals surface area contributed by atoms with Gasteiger partial charge in [-0.25, -0.2) is 4.39 Å². The molecule has 0 saturated carbocycles. The Hall–Kier alpha value is -0.450. The van der Waals surface area contributed by atoms with Crippen LogP contribution in [0.1, 0.15) is 38.3 Å². The Bertz CT molecular complexity index is 432. The molecule has 4 heteroatoms. The van der Waals surface area contributed by atoms with Crippen molar-refractivity contribution >= 4 is 15.9 Å². The van der Waals surface area contributed by atoms with Crippen LogP contribution >= 0.6 is 15.9 Å². The zero-order valence-electron chi connectivity index (χ0n) is 12.3. The molecule has 2 nitrogen and oxygen atoms in total. The van der Waals surface area contributed by atoms with Crippen LogP contribution < -0.4 is 5.32 Å². The number of nitrogens with one attached hydrogen (secondary N) is 1. The lowest BCUT2D eigenvalue weighted by molar-refractivity contribution is 0.125. The van der Waals surface area contributed by atoms with Crippen molar-refractivity contribution in [2.45, 2.75) is 32.7 Å². The SMILES string of the molecule is CCCC(C)[C@H](c1ccc(F)cc1Br)N1CCNCC1. The van der Waals surface area contributed by atoms with Crippen molar-refractivity contribution in [2.75, 3.05) is 26.2 Å². The Balaban J connectivity index is 2.28. The van der Waals surface area contributed by atoms with E-state index < -0.39 is 0 Å². The van der Waals surface area contributed by atoms with E-state index in [0.29, 0.717) is 12.0 Å². The van der Waals surface area contributed by atoms with Crippen molar-refractivity contribution in [1.82, 2.24) is 10.2 Å². The summed E-state index contributed by atoms with van der Waals surface area (Å²) in [6.45, 7) is 8.73. The Labute approximate surface area is 129 Å². The Morgan fingerprint density at radius 2 is 2.05 bits per heavy atom. The summed E-state index contributed by atoms with van der Waals surface area (Å²) in [5, 5.41) is 3.40. The fourth-order valence-corrected chi connectivity index (χ4v) is 3.76. The molecule has 0 bridgehead atoms. The maximum Gasteiger partial charge on any atom is 0.124 e. The molecule has 1 fully saturated rings. The van der Waals surface area contributed by atoms with Gasteiger partial charge in [-0.3, -0.25) is 4.90 Å². The maximum atomic E-state index is 13.3. The van der Waals surface area contributed by atoms with Gasteiger partial charge < -0.3 is 5.32 Å². The van der Waals surface area contributed by atoms with E-state index in [2.05, 4.69) is 40.0 Å². The molecule has 1 N–H and O–H groups in total. The summed E-state index contributed by atoms with van der Waals surface area (Å²) in [4.78, 5) is 2.54. The first kappa shape index (κ1) is 15.9. The third-order valence-electron chi connectivity index (χ3n) is 4.11. The highest BCUT2D eigenvalue weighted by atomic mass is 79.9. The maximum absolute atomic E-state index is 13.3. The molecular weight excluding hydrogens is 319 g/mol. The Morgan fingerprint density at radius 1 is 1.35 bits per heavy atom. The smallest absolute Gasteiger partial charge is 0.124 e. The third kappa shape index (κ3) is 3.80. The van der Waals surface area contributed by atoms with Crippen LogP contribution in [-0.4, -0.2) is 31.1 Å². The van der Waals surface area contributed by atoms with Crippen LogP contribution in [0.5, 0.6) is 0 Å². The van der Waals surface area contributed by atoms with Gasteiger partial charge in [0, 0.05) is 36.7 Å². The molecule has 1 saturated heterocycles. The van der Waals surface area contributed by atoms with Crippen LogP contribution in [0.2, 0.25) is 0 Å². The summed E-state index contributed by atoms with van der Waals surface area (Å²) in [7, 11) is 0. The van der Waals surface area contributed by atoms with Crippen molar-refractivity contribution in [3.05, 3.63) is 34.1 Å². The fourth-order valence-electron chi connectivity index (χ4n) is 3.18. The van der Waals surface area contributed by atoms with Gasteiger partial charge in [0.05, 0.1) is 0 Å². The normalized spacial score (nSPS) is 19.8. The molecule has 20 heavy (non-hydrogen) atoms. The minimum atomic E-state index is -0.178. The van der Waals surface area contributed by atoms with Crippen molar-refractivity contribution < 1.29 is 4.39 Å². The molecule has 0 aliphatic carbocycles. The van der Waals surface area contributed by atoms with E-state index in [1.54, 1.807) is 12.1 Å². The van der Waals surface area contributed by atoms with Crippen LogP contribution in [-0.2, 0) is 0 Å². The average molecular weight is 343 g/mol. The number of nitrogens with zero attached hydrogens (tertiary/aromatic N) is 1. The lowest BCUT2D eigenvalue weighted by Gasteiger charge is -2.39. The van der Waals surface area contributed by atoms with Crippen molar-refractivity contribution in [3.8, 4) is 0 Å². The zero-order chi connectivity index (χ0) is 14.5. The summed E-state index contributed by atoms with van der Waals surface area (Å²) in [5.41, 5.74) is 1.22. The van der Waals surface area contributed by atoms with Crippen molar-refractivity contribution in [1.29, 1.82) is 0 Å². The Morgan fingerprint density at radius 3 is 2.65 bits per heavy atom. The monoisotopic (exact) mass is 342 g/mol. The van der Waals surface area contributed by atoms with E-state index in [0.717, 1.165) is 30.7 Å². The number of hydrogen-bond acceptors (Lipinski definition) is 2. The molecule has 1 aliphatic rings. The average Bonchev–Trinajstić information content (AvgIpc) is 2.43. The van der Waals surface area contributed by atoms with E-state index in [1.165, 1.54) is 18.4 Å². The molecule has 2 rings (SSSR count). The molecule has 1 heterocycles. The molecule has 0 spiro atoms. The van der Waals surface area contributed by atoms with Gasteiger partial charge in [0.1, 0.15) is 5.82 Å². The first-order valence-corrected chi connectivity index (χ1v) is 8.32. The summed E-state index contributed by atoms with van der Waals surface area (Å²) < 4.78 is 14.2. The largest absolute Gasteiger partial charge is 0.314 e. The van der Waals surface area contributed by atoms with Gasteiger partial charge in [0.25, 0.3) is 0 Å². The Kier molecular flexibility index (Phi) is 6.00. The number of rotatable bonds is 5. The number of piperazine rings is 1. The first-order valence-electron chi connectivity index (χ1n) is 7.53. The van der Waals surface area contributed by atoms with Crippen LogP contribution in [0, 0.1) is 11.7 Å². The van der Waals surface area contributed by atoms with Gasteiger partial charge in [-0.1, -0.05) is 42.3 Å². The first-order chi connectivity index (χ1) is 9.63. The second kappa shape index (κ2) is 7.53. The molecule has 0 radical (unpaired) electrons. The topological polar surface area (TPSA) is 15.3 Å². The molecule has 112 valence electrons. The minimum Gasteiger partial charge on any atom is -0.314 e. The third-order valence-corrected chi connectivity index (χ3v) is 4.80. The highest BCUT2D eigenvalue weighted by molar-refractivity contribution is 9.10. The van der Waals surface area contributed by atoms with Gasteiger partial charge >= 0.3 is 0 Å². The summed E-state index contributed by atoms with van der Waals surface area (Å²) >= 11 is 3.55. The molecule has 1 aliphatic heterocycles. The van der Waals surface area contributed by atoms with Gasteiger partial charge in [-0.15, -0.1) is 0 Å². The van der Waals surface area contributed by atoms with Crippen molar-refractivity contribution in [2.24, 2.45) is 5.92 Å². The predicted octanol–water partition coefficient (Wildman–Crippen LogP) is 3.97. The second-order valence-electron chi connectivity index (χ2n) is 5.66. The molecule has 2 atom stereocenters. The molecule has 0 aromatic heterocycles. The van der Waals surface area contributed by atoms with E-state index in [9.17, 15) is 4.39 Å². The summed E-state index contributed by atoms with van der Waals surface area (Å²) in [5.74, 6) is 0.391. The highest BCUT2D eigenvalue weighted by Crippen LogP contribution is 2.36. The van der Waals surface area contributed by atoms with Gasteiger partial charge in [-0.05, 0) is 30.0 Å². The molecule has 1 unspecified atom stereocenters. The number of benzene rings is 1. The van der Waals surface area contributed by atoms with Gasteiger partial charge in [0.2, 0.25) is 0 Å². The number of hydrogen-bond donors (Lipinski definition) is 1. The summed E-state index contributed by atoms with van der Waals surface area (Å²) in [6, 6.07) is 5.47. The molecule has 0 amide bonds. The quantitative estimate of drug-likeness (QED) is 0.870. The van der Waals surface area contributed by atoms with Gasteiger partial charge in [-0.2, -0.15) is 0 Å². The summed E-state index contributed by atoms with van der Waals surface area (Å²) in [6.07, 6.45) is 2.38. The molecule has 1 aromatic rings. The van der Waals surface area contributed by atoms with Crippen molar-refractivity contribution in [3.63, 3.8) is 0 Å². The molecule has 1 aromatic carbocycles. The van der Waals surface area contributed by atoms with Crippen LogP contribution in [0.15, 0.2) is 22.7 Å². The van der Waals surface area contributed by atoms with E-state index >= 15 is 0 Å². The fraction of sp³-hybridized carbons (Fsp3) is 0.625. The van der Waals surface area contributed by atoms with Crippen LogP contribution in [0.25, 0.3) is 0 Å². The zero-order valence-corrected chi connectivity index (χ0v) is 13.9. The lowest BCUT2D eigenvalue weighted by Crippen LogP contribution is -2.46. The minimum absolute atomic E-state index is 0.178. The standard InChI is InChI=1S/C16H24BrFN2/c1-3-4-12(2)16(20-9-7-19-8-10-20)14-6-5-13(18)11-15(14)17/h5-6,11-12,16,19H,3-4,7-10H2,1-2H3/t12?,16-/m1/s1. The van der Waals surface area contributed by atoms with Crippen LogP contribution in [0.3, 0.4) is 0 Å². The van der Waals surface area contributed by atoms with E-state index in [4.69, 9.17) is 0 Å². The second-order valence-corrected chi connectivity index (χ2v) is 6.52. The predicted molar refractivity (Wildman–Crippen MR) is 85.4 cm³/mol. The molecular formula is C16H24BrFN2. The van der Waals surface area contributed by atoms with E-state index in [-0.39, 0.29) is 5.82 Å².